The first-order valence-electron chi connectivity index (χ1n) is 12.8. The predicted molar refractivity (Wildman–Crippen MR) is 132 cm³/mol. The Morgan fingerprint density at radius 2 is 1.78 bits per heavy atom. The first-order chi connectivity index (χ1) is 16.9. The van der Waals surface area contributed by atoms with E-state index in [2.05, 4.69) is 0 Å². The first-order valence-corrected chi connectivity index (χ1v) is 12.8. The van der Waals surface area contributed by atoms with Crippen LogP contribution in [-0.2, 0) is 4.74 Å². The van der Waals surface area contributed by atoms with E-state index >= 15 is 0 Å². The third-order valence-electron chi connectivity index (χ3n) is 7.95. The number of aliphatic hydroxyl groups is 1. The van der Waals surface area contributed by atoms with Gasteiger partial charge in [0.2, 0.25) is 5.92 Å². The number of carbonyl (C=O) groups is 1. The van der Waals surface area contributed by atoms with Crippen LogP contribution in [0.3, 0.4) is 0 Å². The summed E-state index contributed by atoms with van der Waals surface area (Å²) in [6.07, 6.45) is 3.30. The molecule has 5 rings (SSSR count). The molecule has 3 fully saturated rings. The molecule has 1 aliphatic heterocycles. The minimum Gasteiger partial charge on any atom is -0.442 e. The van der Waals surface area contributed by atoms with E-state index in [-0.39, 0.29) is 30.9 Å². The lowest BCUT2D eigenvalue weighted by atomic mass is 9.65. The number of halogens is 2. The number of benzene rings is 1. The minimum absolute atomic E-state index is 0.00210. The molecule has 0 spiro atoms. The second-order valence-corrected chi connectivity index (χ2v) is 11.5. The van der Waals surface area contributed by atoms with Crippen LogP contribution >= 0.6 is 0 Å². The van der Waals surface area contributed by atoms with Gasteiger partial charge in [0.05, 0.1) is 11.6 Å². The average molecular weight is 501 g/mol. The van der Waals surface area contributed by atoms with Crippen LogP contribution < -0.4 is 5.56 Å². The van der Waals surface area contributed by atoms with E-state index in [1.807, 2.05) is 43.5 Å². The van der Waals surface area contributed by atoms with Gasteiger partial charge in [-0.05, 0) is 56.4 Å². The van der Waals surface area contributed by atoms with Crippen molar-refractivity contribution in [2.75, 3.05) is 6.54 Å². The normalized spacial score (nSPS) is 25.3. The fraction of sp³-hybridized carbons (Fsp3) is 0.571. The number of rotatable bonds is 7. The maximum absolute atomic E-state index is 13.7. The number of hydrogen-bond acceptors (Lipinski definition) is 4. The summed E-state index contributed by atoms with van der Waals surface area (Å²) in [5.74, 6) is -3.20. The summed E-state index contributed by atoms with van der Waals surface area (Å²) in [4.78, 5) is 27.2. The number of hydrogen-bond donors (Lipinski definition) is 1. The van der Waals surface area contributed by atoms with E-state index < -0.39 is 29.1 Å². The molecule has 2 heterocycles. The van der Waals surface area contributed by atoms with E-state index in [9.17, 15) is 23.5 Å². The van der Waals surface area contributed by atoms with Crippen LogP contribution in [0.1, 0.15) is 76.9 Å². The molecule has 6 nitrogen and oxygen atoms in total. The molecule has 1 N–H and O–H groups in total. The smallest absolute Gasteiger partial charge is 0.410 e. The van der Waals surface area contributed by atoms with Gasteiger partial charge in [-0.1, -0.05) is 24.3 Å². The van der Waals surface area contributed by atoms with E-state index in [0.717, 1.165) is 29.5 Å². The molecule has 0 bridgehead atoms. The quantitative estimate of drug-likeness (QED) is 0.530. The Balaban J connectivity index is 1.29. The van der Waals surface area contributed by atoms with Crippen LogP contribution in [-0.4, -0.2) is 44.3 Å². The number of pyridine rings is 1. The Morgan fingerprint density at radius 1 is 1.11 bits per heavy atom. The highest BCUT2D eigenvalue weighted by atomic mass is 19.3. The van der Waals surface area contributed by atoms with Crippen molar-refractivity contribution in [3.05, 3.63) is 58.5 Å². The maximum atomic E-state index is 13.7. The number of nitrogens with zero attached hydrogens (tertiary/aromatic N) is 2. The van der Waals surface area contributed by atoms with Crippen LogP contribution in [0.15, 0.2) is 47.4 Å². The molecule has 1 saturated heterocycles. The molecular weight excluding hydrogens is 466 g/mol. The molecule has 1 aromatic heterocycles. The molecule has 194 valence electrons. The second kappa shape index (κ2) is 8.68. The first kappa shape index (κ1) is 24.9. The monoisotopic (exact) mass is 500 g/mol. The van der Waals surface area contributed by atoms with Crippen molar-refractivity contribution in [2.24, 2.45) is 5.92 Å². The zero-order chi connectivity index (χ0) is 25.9. The van der Waals surface area contributed by atoms with Crippen LogP contribution in [0.25, 0.3) is 11.1 Å². The number of ether oxygens (including phenoxy) is 1. The minimum atomic E-state index is -2.74. The van der Waals surface area contributed by atoms with Gasteiger partial charge in [0.15, 0.2) is 0 Å². The van der Waals surface area contributed by atoms with Crippen molar-refractivity contribution in [3.63, 3.8) is 0 Å². The van der Waals surface area contributed by atoms with E-state index in [1.165, 1.54) is 0 Å². The highest BCUT2D eigenvalue weighted by molar-refractivity contribution is 5.70. The molecule has 2 aromatic rings. The largest absolute Gasteiger partial charge is 0.442 e. The van der Waals surface area contributed by atoms with E-state index in [1.54, 1.807) is 29.4 Å². The standard InChI is InChI=1S/C28H34F2N2O4/c1-18(19-4-6-20(7-5-19)21-10-12-32(23-8-9-23)24(33)14-21)31-13-11-27(36-25(31)34,17-26(2,3)35)22-15-28(29,30)16-22/h4-7,10,12,14,18,22-23,35H,8-9,11,13,15-17H2,1-3H3. The maximum Gasteiger partial charge on any atom is 0.410 e. The molecule has 1 amide bonds. The lowest BCUT2D eigenvalue weighted by molar-refractivity contribution is -0.206. The van der Waals surface area contributed by atoms with Gasteiger partial charge in [-0.2, -0.15) is 0 Å². The van der Waals surface area contributed by atoms with Crippen molar-refractivity contribution in [2.45, 2.75) is 88.5 Å². The predicted octanol–water partition coefficient (Wildman–Crippen LogP) is 5.70. The summed E-state index contributed by atoms with van der Waals surface area (Å²) >= 11 is 0. The van der Waals surface area contributed by atoms with E-state index in [0.29, 0.717) is 19.0 Å². The van der Waals surface area contributed by atoms with Gasteiger partial charge in [0, 0.05) is 56.5 Å². The summed E-state index contributed by atoms with van der Waals surface area (Å²) in [6, 6.07) is 11.4. The number of aromatic nitrogens is 1. The summed E-state index contributed by atoms with van der Waals surface area (Å²) < 4.78 is 35.0. The Morgan fingerprint density at radius 3 is 2.31 bits per heavy atom. The number of alkyl halides is 2. The Labute approximate surface area is 209 Å². The second-order valence-electron chi connectivity index (χ2n) is 11.5. The van der Waals surface area contributed by atoms with Gasteiger partial charge in [0.1, 0.15) is 5.60 Å². The zero-order valence-corrected chi connectivity index (χ0v) is 21.0. The molecule has 0 radical (unpaired) electrons. The topological polar surface area (TPSA) is 71.8 Å². The van der Waals surface area contributed by atoms with Gasteiger partial charge in [-0.15, -0.1) is 0 Å². The summed E-state index contributed by atoms with van der Waals surface area (Å²) in [6.45, 7) is 5.50. The zero-order valence-electron chi connectivity index (χ0n) is 21.0. The van der Waals surface area contributed by atoms with Crippen LogP contribution in [0.5, 0.6) is 0 Å². The fourth-order valence-electron chi connectivity index (χ4n) is 5.82. The fourth-order valence-corrected chi connectivity index (χ4v) is 5.82. The van der Waals surface area contributed by atoms with Crippen LogP contribution in [0, 0.1) is 5.92 Å². The number of cyclic esters (lactones) is 1. The molecule has 3 aliphatic rings. The van der Waals surface area contributed by atoms with Crippen LogP contribution in [0.2, 0.25) is 0 Å². The van der Waals surface area contributed by atoms with Crippen molar-refractivity contribution < 1.29 is 23.4 Å². The molecule has 2 atom stereocenters. The lowest BCUT2D eigenvalue weighted by Gasteiger charge is -2.53. The number of carbonyl (C=O) groups excluding carboxylic acids is 1. The Hall–Kier alpha value is -2.74. The van der Waals surface area contributed by atoms with Gasteiger partial charge in [-0.25, -0.2) is 13.6 Å². The summed E-state index contributed by atoms with van der Waals surface area (Å²) in [7, 11) is 0. The lowest BCUT2D eigenvalue weighted by Crippen LogP contribution is -2.60. The van der Waals surface area contributed by atoms with Crippen molar-refractivity contribution in [3.8, 4) is 11.1 Å². The molecular formula is C28H34F2N2O4. The third-order valence-corrected chi connectivity index (χ3v) is 7.95. The molecule has 2 unspecified atom stereocenters. The van der Waals surface area contributed by atoms with Crippen molar-refractivity contribution in [1.29, 1.82) is 0 Å². The Kier molecular flexibility index (Phi) is 6.01. The van der Waals surface area contributed by atoms with Gasteiger partial charge < -0.3 is 19.3 Å². The van der Waals surface area contributed by atoms with Gasteiger partial charge >= 0.3 is 6.09 Å². The van der Waals surface area contributed by atoms with Crippen molar-refractivity contribution in [1.82, 2.24) is 9.47 Å². The highest BCUT2D eigenvalue weighted by Crippen LogP contribution is 2.53. The SMILES string of the molecule is CC(c1ccc(-c2ccn(C3CC3)c(=O)c2)cc1)N1CCC(CC(C)(C)O)(C2CC(F)(F)C2)OC1=O. The molecule has 36 heavy (non-hydrogen) atoms. The van der Waals surface area contributed by atoms with E-state index in [4.69, 9.17) is 4.74 Å². The van der Waals surface area contributed by atoms with Gasteiger partial charge in [0.25, 0.3) is 5.56 Å². The number of amides is 1. The summed E-state index contributed by atoms with van der Waals surface area (Å²) in [5.41, 5.74) is 0.449. The summed E-state index contributed by atoms with van der Waals surface area (Å²) in [5, 5.41) is 10.4. The molecule has 2 saturated carbocycles. The molecule has 8 heteroatoms. The molecule has 2 aliphatic carbocycles. The Bertz CT molecular complexity index is 1190. The molecule has 1 aromatic carbocycles. The van der Waals surface area contributed by atoms with Crippen molar-refractivity contribution >= 4 is 6.09 Å². The van der Waals surface area contributed by atoms with Crippen LogP contribution in [0.4, 0.5) is 13.6 Å². The average Bonchev–Trinajstić information content (AvgIpc) is 3.61. The van der Waals surface area contributed by atoms with Gasteiger partial charge in [-0.3, -0.25) is 4.79 Å². The third kappa shape index (κ3) is 4.92. The highest BCUT2D eigenvalue weighted by Gasteiger charge is 2.59.